The number of rotatable bonds is 3. The third-order valence-electron chi connectivity index (χ3n) is 3.56. The average molecular weight is 344 g/mol. The van der Waals surface area contributed by atoms with Gasteiger partial charge in [0.25, 0.3) is 5.91 Å². The van der Waals surface area contributed by atoms with Gasteiger partial charge in [0, 0.05) is 30.5 Å². The summed E-state index contributed by atoms with van der Waals surface area (Å²) in [6, 6.07) is 9.82. The first-order valence-electron chi connectivity index (χ1n) is 8.01. The van der Waals surface area contributed by atoms with Crippen molar-refractivity contribution in [2.45, 2.75) is 20.8 Å². The summed E-state index contributed by atoms with van der Waals surface area (Å²) in [5, 5.41) is 4.15. The normalized spacial score (nSPS) is 9.52. The number of aryl methyl sites for hydroxylation is 2. The maximum atomic E-state index is 11.8. The monoisotopic (exact) mass is 344 g/mol. The minimum Gasteiger partial charge on any atom is -0.364 e. The molecule has 0 atom stereocenters. The lowest BCUT2D eigenvalue weighted by Gasteiger charge is -2.08. The van der Waals surface area contributed by atoms with Crippen LogP contribution in [0.4, 0.5) is 15.8 Å². The van der Waals surface area contributed by atoms with E-state index < -0.39 is 5.91 Å². The molecule has 1 amide bonds. The molecule has 0 aliphatic heterocycles. The second kappa shape index (κ2) is 9.42. The van der Waals surface area contributed by atoms with Crippen LogP contribution in [-0.4, -0.2) is 22.6 Å². The van der Waals surface area contributed by atoms with E-state index in [0.29, 0.717) is 18.6 Å². The van der Waals surface area contributed by atoms with Crippen molar-refractivity contribution in [2.75, 3.05) is 12.5 Å². The number of aromatic nitrogens is 2. The zero-order chi connectivity index (χ0) is 19.0. The summed E-state index contributed by atoms with van der Waals surface area (Å²) in [7, 11) is 2.32. The van der Waals surface area contributed by atoms with Crippen LogP contribution in [0.1, 0.15) is 29.9 Å². The molecular formula is C19H25FN4O. The molecule has 0 radical (unpaired) electrons. The van der Waals surface area contributed by atoms with E-state index in [0.717, 1.165) is 16.6 Å². The Hall–Kier alpha value is -2.89. The lowest BCUT2D eigenvalue weighted by atomic mass is 10.2. The van der Waals surface area contributed by atoms with E-state index in [1.54, 1.807) is 17.0 Å². The van der Waals surface area contributed by atoms with Crippen molar-refractivity contribution in [3.05, 3.63) is 54.0 Å². The lowest BCUT2D eigenvalue weighted by Crippen LogP contribution is -2.16. The maximum absolute atomic E-state index is 11.8. The Morgan fingerprint density at radius 2 is 1.76 bits per heavy atom. The van der Waals surface area contributed by atoms with Crippen LogP contribution in [0.2, 0.25) is 0 Å². The lowest BCUT2D eigenvalue weighted by molar-refractivity contribution is 0.0994. The number of carbonyl (C=O) groups excluding carboxylic acids is 1. The molecule has 3 rings (SSSR count). The standard InChI is InChI=1S/C16H16N4O.C2H6.CH3F/c1-10-3-5-11(6-4-10)19-14-12-9-18-8-7-13(12)20(2)15(14)16(17)21;2*1-2/h3-9,19H,1-2H3,(H2,17,21);1-2H3;1H3. The molecule has 1 aromatic carbocycles. The van der Waals surface area contributed by atoms with Crippen molar-refractivity contribution >= 4 is 28.2 Å². The molecule has 6 heteroatoms. The summed E-state index contributed by atoms with van der Waals surface area (Å²) in [5.74, 6) is -0.469. The van der Waals surface area contributed by atoms with Crippen molar-refractivity contribution in [3.8, 4) is 0 Å². The molecule has 0 spiro atoms. The molecule has 0 aliphatic carbocycles. The van der Waals surface area contributed by atoms with E-state index in [1.165, 1.54) is 5.56 Å². The fourth-order valence-corrected chi connectivity index (χ4v) is 2.48. The molecule has 3 aromatic rings. The fraction of sp³-hybridized carbons (Fsp3) is 0.263. The number of nitrogens with zero attached hydrogens (tertiary/aromatic N) is 2. The molecule has 0 saturated heterocycles. The molecule has 0 unspecified atom stereocenters. The molecule has 0 aliphatic rings. The zero-order valence-corrected chi connectivity index (χ0v) is 15.3. The summed E-state index contributed by atoms with van der Waals surface area (Å²) in [6.07, 6.45) is 3.43. The topological polar surface area (TPSA) is 72.9 Å². The highest BCUT2D eigenvalue weighted by Crippen LogP contribution is 2.31. The number of hydrogen-bond acceptors (Lipinski definition) is 3. The quantitative estimate of drug-likeness (QED) is 0.742. The fourth-order valence-electron chi connectivity index (χ4n) is 2.48. The van der Waals surface area contributed by atoms with Crippen molar-refractivity contribution in [1.82, 2.24) is 9.55 Å². The van der Waals surface area contributed by atoms with Gasteiger partial charge in [-0.3, -0.25) is 14.2 Å². The van der Waals surface area contributed by atoms with Gasteiger partial charge in [0.2, 0.25) is 0 Å². The van der Waals surface area contributed by atoms with Crippen LogP contribution in [0.5, 0.6) is 0 Å². The highest BCUT2D eigenvalue weighted by atomic mass is 19.1. The predicted molar refractivity (Wildman–Crippen MR) is 102 cm³/mol. The number of nitrogens with one attached hydrogen (secondary N) is 1. The molecular weight excluding hydrogens is 319 g/mol. The van der Waals surface area contributed by atoms with Crippen molar-refractivity contribution in [1.29, 1.82) is 0 Å². The number of nitrogens with two attached hydrogens (primary N) is 1. The first-order chi connectivity index (χ1) is 12.1. The SMILES string of the molecule is CC.CF.Cc1ccc(Nc2c(C(N)=O)n(C)c3ccncc23)cc1. The Morgan fingerprint density at radius 3 is 2.32 bits per heavy atom. The van der Waals surface area contributed by atoms with Crippen molar-refractivity contribution in [3.63, 3.8) is 0 Å². The smallest absolute Gasteiger partial charge is 0.267 e. The van der Waals surface area contributed by atoms with Crippen LogP contribution < -0.4 is 11.1 Å². The molecule has 134 valence electrons. The molecule has 0 saturated carbocycles. The second-order valence-electron chi connectivity index (χ2n) is 5.03. The maximum Gasteiger partial charge on any atom is 0.267 e. The van der Waals surface area contributed by atoms with E-state index in [-0.39, 0.29) is 0 Å². The summed E-state index contributed by atoms with van der Waals surface area (Å²) in [6.45, 7) is 6.03. The molecule has 25 heavy (non-hydrogen) atoms. The third-order valence-corrected chi connectivity index (χ3v) is 3.56. The molecule has 2 aromatic heterocycles. The van der Waals surface area contributed by atoms with Gasteiger partial charge in [0.05, 0.1) is 18.4 Å². The first-order valence-corrected chi connectivity index (χ1v) is 8.01. The van der Waals surface area contributed by atoms with Gasteiger partial charge < -0.3 is 15.6 Å². The molecule has 3 N–H and O–H groups in total. The highest BCUT2D eigenvalue weighted by molar-refractivity contribution is 6.08. The number of anilines is 2. The van der Waals surface area contributed by atoms with Gasteiger partial charge in [-0.2, -0.15) is 0 Å². The van der Waals surface area contributed by atoms with Gasteiger partial charge in [-0.15, -0.1) is 0 Å². The van der Waals surface area contributed by atoms with E-state index in [4.69, 9.17) is 5.73 Å². The number of carbonyl (C=O) groups is 1. The number of amides is 1. The number of pyridine rings is 1. The number of primary amides is 1. The van der Waals surface area contributed by atoms with Crippen LogP contribution in [0.25, 0.3) is 10.9 Å². The Bertz CT molecular complexity index is 825. The van der Waals surface area contributed by atoms with Gasteiger partial charge in [0.1, 0.15) is 5.69 Å². The Kier molecular flexibility index (Phi) is 7.59. The van der Waals surface area contributed by atoms with Crippen LogP contribution in [0.3, 0.4) is 0 Å². The summed E-state index contributed by atoms with van der Waals surface area (Å²) in [5.41, 5.74) is 9.66. The number of benzene rings is 1. The highest BCUT2D eigenvalue weighted by Gasteiger charge is 2.19. The average Bonchev–Trinajstić information content (AvgIpc) is 2.93. The summed E-state index contributed by atoms with van der Waals surface area (Å²) >= 11 is 0. The summed E-state index contributed by atoms with van der Waals surface area (Å²) in [4.78, 5) is 15.9. The molecule has 2 heterocycles. The number of hydrogen-bond donors (Lipinski definition) is 2. The Labute approximate surface area is 147 Å². The second-order valence-corrected chi connectivity index (χ2v) is 5.03. The number of halogens is 1. The summed E-state index contributed by atoms with van der Waals surface area (Å²) < 4.78 is 11.3. The van der Waals surface area contributed by atoms with Crippen LogP contribution in [-0.2, 0) is 7.05 Å². The zero-order valence-electron chi connectivity index (χ0n) is 15.3. The Morgan fingerprint density at radius 1 is 1.16 bits per heavy atom. The number of alkyl halides is 1. The van der Waals surface area contributed by atoms with Crippen LogP contribution >= 0.6 is 0 Å². The molecule has 0 fully saturated rings. The number of fused-ring (bicyclic) bond motifs is 1. The van der Waals surface area contributed by atoms with E-state index >= 15 is 0 Å². The minimum atomic E-state index is -0.469. The largest absolute Gasteiger partial charge is 0.364 e. The van der Waals surface area contributed by atoms with Gasteiger partial charge in [-0.05, 0) is 25.1 Å². The van der Waals surface area contributed by atoms with E-state index in [9.17, 15) is 9.18 Å². The first kappa shape index (κ1) is 20.2. The van der Waals surface area contributed by atoms with Crippen molar-refractivity contribution < 1.29 is 9.18 Å². The molecule has 0 bridgehead atoms. The van der Waals surface area contributed by atoms with E-state index in [2.05, 4.69) is 10.3 Å². The minimum absolute atomic E-state index is 0.443. The van der Waals surface area contributed by atoms with Gasteiger partial charge in [-0.1, -0.05) is 31.5 Å². The van der Waals surface area contributed by atoms with Crippen LogP contribution in [0, 0.1) is 6.92 Å². The van der Waals surface area contributed by atoms with Crippen molar-refractivity contribution in [2.24, 2.45) is 12.8 Å². The van der Waals surface area contributed by atoms with Gasteiger partial charge >= 0.3 is 0 Å². The molecule has 5 nitrogen and oxygen atoms in total. The van der Waals surface area contributed by atoms with Gasteiger partial charge in [-0.25, -0.2) is 0 Å². The predicted octanol–water partition coefficient (Wildman–Crippen LogP) is 4.34. The van der Waals surface area contributed by atoms with Gasteiger partial charge in [0.15, 0.2) is 0 Å². The van der Waals surface area contributed by atoms with E-state index in [1.807, 2.05) is 58.2 Å². The Balaban J connectivity index is 0.000000730. The van der Waals surface area contributed by atoms with Crippen LogP contribution in [0.15, 0.2) is 42.7 Å². The third kappa shape index (κ3) is 4.35.